The third-order valence-electron chi connectivity index (χ3n) is 2.02. The number of methoxy groups -OCH3 is 1. The Bertz CT molecular complexity index is 568. The Morgan fingerprint density at radius 3 is 2.72 bits per heavy atom. The second-order valence-corrected chi connectivity index (χ2v) is 6.25. The van der Waals surface area contributed by atoms with E-state index in [-0.39, 0.29) is 17.0 Å². The summed E-state index contributed by atoms with van der Waals surface area (Å²) in [6.45, 7) is 3.60. The maximum absolute atomic E-state index is 11.9. The lowest BCUT2D eigenvalue weighted by Gasteiger charge is -2.07. The van der Waals surface area contributed by atoms with Crippen molar-refractivity contribution in [2.24, 2.45) is 0 Å². The lowest BCUT2D eigenvalue weighted by Crippen LogP contribution is -2.25. The molecule has 1 aromatic carbocycles. The predicted octanol–water partition coefficient (Wildman–Crippen LogP) is 1.66. The molecular weight excluding hydrogens is 322 g/mol. The summed E-state index contributed by atoms with van der Waals surface area (Å²) in [6, 6.07) is 5.61. The minimum Gasteiger partial charge on any atom is -0.465 e. The van der Waals surface area contributed by atoms with Gasteiger partial charge in [0.2, 0.25) is 10.0 Å². The standard InChI is InChI=1S/C11H12BrNO4S/c1-8(12)7-13-18(15,16)10-5-3-4-9(6-10)11(14)17-2/h3-6,13H,1,7H2,2H3. The molecule has 1 N–H and O–H groups in total. The second-order valence-electron chi connectivity index (χ2n) is 3.36. The van der Waals surface area contributed by atoms with Crippen LogP contribution in [0, 0.1) is 0 Å². The van der Waals surface area contributed by atoms with Gasteiger partial charge in [0.1, 0.15) is 0 Å². The van der Waals surface area contributed by atoms with Crippen LogP contribution in [-0.2, 0) is 14.8 Å². The van der Waals surface area contributed by atoms with Crippen molar-refractivity contribution in [3.8, 4) is 0 Å². The number of rotatable bonds is 5. The van der Waals surface area contributed by atoms with E-state index < -0.39 is 16.0 Å². The summed E-state index contributed by atoms with van der Waals surface area (Å²) in [5.41, 5.74) is 0.179. The maximum atomic E-state index is 11.9. The zero-order valence-electron chi connectivity index (χ0n) is 9.64. The molecule has 0 aromatic heterocycles. The highest BCUT2D eigenvalue weighted by Gasteiger charge is 2.16. The van der Waals surface area contributed by atoms with E-state index in [9.17, 15) is 13.2 Å². The van der Waals surface area contributed by atoms with Gasteiger partial charge in [0.05, 0.1) is 17.6 Å². The fourth-order valence-electron chi connectivity index (χ4n) is 1.16. The van der Waals surface area contributed by atoms with Gasteiger partial charge in [-0.1, -0.05) is 28.6 Å². The molecule has 0 aliphatic rings. The highest BCUT2D eigenvalue weighted by atomic mass is 79.9. The van der Waals surface area contributed by atoms with Gasteiger partial charge in [-0.05, 0) is 18.2 Å². The van der Waals surface area contributed by atoms with Gasteiger partial charge < -0.3 is 4.74 Å². The van der Waals surface area contributed by atoms with Crippen LogP contribution in [-0.4, -0.2) is 28.0 Å². The minimum atomic E-state index is -3.67. The largest absolute Gasteiger partial charge is 0.465 e. The molecule has 0 bridgehead atoms. The summed E-state index contributed by atoms with van der Waals surface area (Å²) in [5, 5.41) is 0. The normalized spacial score (nSPS) is 11.0. The molecule has 0 aliphatic carbocycles. The monoisotopic (exact) mass is 333 g/mol. The first-order valence-corrected chi connectivity index (χ1v) is 7.16. The number of esters is 1. The summed E-state index contributed by atoms with van der Waals surface area (Å²) in [5.74, 6) is -0.586. The molecule has 0 heterocycles. The second kappa shape index (κ2) is 6.12. The average Bonchev–Trinajstić information content (AvgIpc) is 2.35. The number of halogens is 1. The molecule has 98 valence electrons. The van der Waals surface area contributed by atoms with Crippen LogP contribution in [0.5, 0.6) is 0 Å². The van der Waals surface area contributed by atoms with Crippen LogP contribution in [0.4, 0.5) is 0 Å². The Balaban J connectivity index is 3.02. The molecule has 1 aromatic rings. The molecule has 5 nitrogen and oxygen atoms in total. The number of sulfonamides is 1. The summed E-state index contributed by atoms with van der Waals surface area (Å²) in [7, 11) is -2.44. The number of ether oxygens (including phenoxy) is 1. The van der Waals surface area contributed by atoms with Crippen LogP contribution in [0.2, 0.25) is 0 Å². The first-order valence-electron chi connectivity index (χ1n) is 4.88. The highest BCUT2D eigenvalue weighted by Crippen LogP contribution is 2.13. The molecule has 0 fully saturated rings. The van der Waals surface area contributed by atoms with Crippen LogP contribution in [0.15, 0.2) is 40.2 Å². The predicted molar refractivity (Wildman–Crippen MR) is 71.0 cm³/mol. The van der Waals surface area contributed by atoms with E-state index in [1.807, 2.05) is 0 Å². The number of hydrogen-bond donors (Lipinski definition) is 1. The van der Waals surface area contributed by atoms with Gasteiger partial charge in [-0.25, -0.2) is 17.9 Å². The van der Waals surface area contributed by atoms with Gasteiger partial charge in [0.25, 0.3) is 0 Å². The molecule has 0 spiro atoms. The van der Waals surface area contributed by atoms with Crippen molar-refractivity contribution in [2.45, 2.75) is 4.90 Å². The SMILES string of the molecule is C=C(Br)CNS(=O)(=O)c1cccc(C(=O)OC)c1. The van der Waals surface area contributed by atoms with Gasteiger partial charge in [-0.2, -0.15) is 0 Å². The molecule has 1 rings (SSSR count). The Kier molecular flexibility index (Phi) is 5.06. The highest BCUT2D eigenvalue weighted by molar-refractivity contribution is 9.11. The van der Waals surface area contributed by atoms with Crippen LogP contribution in [0.25, 0.3) is 0 Å². The van der Waals surface area contributed by atoms with Crippen molar-refractivity contribution in [3.05, 3.63) is 40.9 Å². The number of carbonyl (C=O) groups excluding carboxylic acids is 1. The van der Waals surface area contributed by atoms with E-state index in [0.717, 1.165) is 0 Å². The molecule has 0 amide bonds. The quantitative estimate of drug-likeness (QED) is 0.832. The van der Waals surface area contributed by atoms with Crippen molar-refractivity contribution in [1.82, 2.24) is 4.72 Å². The van der Waals surface area contributed by atoms with Gasteiger partial charge in [-0.3, -0.25) is 0 Å². The molecule has 0 unspecified atom stereocenters. The zero-order valence-corrected chi connectivity index (χ0v) is 12.0. The fraction of sp³-hybridized carbons (Fsp3) is 0.182. The Morgan fingerprint density at radius 1 is 1.50 bits per heavy atom. The first-order chi connectivity index (χ1) is 8.36. The third-order valence-corrected chi connectivity index (χ3v) is 3.70. The Hall–Kier alpha value is -1.18. The molecule has 7 heteroatoms. The van der Waals surface area contributed by atoms with E-state index in [2.05, 4.69) is 32.0 Å². The molecule has 0 saturated heterocycles. The Morgan fingerprint density at radius 2 is 2.17 bits per heavy atom. The van der Waals surface area contributed by atoms with E-state index in [0.29, 0.717) is 4.48 Å². The molecule has 18 heavy (non-hydrogen) atoms. The van der Waals surface area contributed by atoms with Crippen molar-refractivity contribution >= 4 is 31.9 Å². The topological polar surface area (TPSA) is 72.5 Å². The van der Waals surface area contributed by atoms with Gasteiger partial charge in [0, 0.05) is 11.0 Å². The van der Waals surface area contributed by atoms with E-state index in [1.54, 1.807) is 0 Å². The number of carbonyl (C=O) groups is 1. The summed E-state index contributed by atoms with van der Waals surface area (Å²) in [6.07, 6.45) is 0. The number of hydrogen-bond acceptors (Lipinski definition) is 4. The molecule has 0 atom stereocenters. The molecular formula is C11H12BrNO4S. The van der Waals surface area contributed by atoms with Crippen molar-refractivity contribution in [2.75, 3.05) is 13.7 Å². The third kappa shape index (κ3) is 3.94. The van der Waals surface area contributed by atoms with Crippen molar-refractivity contribution in [3.63, 3.8) is 0 Å². The fourth-order valence-corrected chi connectivity index (χ4v) is 2.56. The van der Waals surface area contributed by atoms with Gasteiger partial charge in [-0.15, -0.1) is 0 Å². The van der Waals surface area contributed by atoms with Gasteiger partial charge >= 0.3 is 5.97 Å². The lowest BCUT2D eigenvalue weighted by molar-refractivity contribution is 0.0600. The molecule has 0 aliphatic heterocycles. The van der Waals surface area contributed by atoms with E-state index in [4.69, 9.17) is 0 Å². The van der Waals surface area contributed by atoms with E-state index >= 15 is 0 Å². The maximum Gasteiger partial charge on any atom is 0.337 e. The van der Waals surface area contributed by atoms with Crippen LogP contribution in [0.3, 0.4) is 0 Å². The van der Waals surface area contributed by atoms with Crippen LogP contribution >= 0.6 is 15.9 Å². The Labute approximate surface area is 114 Å². The van der Waals surface area contributed by atoms with Gasteiger partial charge in [0.15, 0.2) is 0 Å². The minimum absolute atomic E-state index is 0.000787. The first kappa shape index (κ1) is 14.9. The summed E-state index contributed by atoms with van der Waals surface area (Å²) >= 11 is 3.05. The van der Waals surface area contributed by atoms with Crippen LogP contribution in [0.1, 0.15) is 10.4 Å². The average molecular weight is 334 g/mol. The smallest absolute Gasteiger partial charge is 0.337 e. The number of nitrogens with one attached hydrogen (secondary N) is 1. The number of benzene rings is 1. The van der Waals surface area contributed by atoms with E-state index in [1.165, 1.54) is 31.4 Å². The molecule has 0 saturated carbocycles. The van der Waals surface area contributed by atoms with Crippen LogP contribution < -0.4 is 4.72 Å². The summed E-state index contributed by atoms with van der Waals surface area (Å²) < 4.78 is 31.1. The molecule has 0 radical (unpaired) electrons. The zero-order chi connectivity index (χ0) is 13.8. The van der Waals surface area contributed by atoms with Crippen molar-refractivity contribution < 1.29 is 17.9 Å². The van der Waals surface area contributed by atoms with Crippen molar-refractivity contribution in [1.29, 1.82) is 0 Å². The lowest BCUT2D eigenvalue weighted by atomic mass is 10.2. The summed E-state index contributed by atoms with van der Waals surface area (Å²) in [4.78, 5) is 11.3.